The lowest BCUT2D eigenvalue weighted by Gasteiger charge is -2.33. The van der Waals surface area contributed by atoms with Crippen LogP contribution in [0.25, 0.3) is 5.70 Å². The number of likely N-dealkylation sites (tertiary alicyclic amines) is 2. The van der Waals surface area contributed by atoms with Crippen molar-refractivity contribution >= 4 is 11.4 Å². The molecular weight excluding hydrogens is 414 g/mol. The van der Waals surface area contributed by atoms with E-state index in [1.807, 2.05) is 19.3 Å². The average Bonchev–Trinajstić information content (AvgIpc) is 3.43. The van der Waals surface area contributed by atoms with Crippen LogP contribution >= 0.6 is 0 Å². The number of likely N-dealkylation sites (N-methyl/N-ethyl adjacent to an activating group) is 1. The van der Waals surface area contributed by atoms with Crippen molar-refractivity contribution < 1.29 is 9.47 Å². The SMILES string of the molecule is CNCCOc1ccc(C2C=C(N3CCC4(CCN(C)C4)C3)c3ccc(OC)cc3N2)cn1. The van der Waals surface area contributed by atoms with E-state index < -0.39 is 0 Å². The van der Waals surface area contributed by atoms with Gasteiger partial charge in [0.15, 0.2) is 0 Å². The zero-order valence-corrected chi connectivity index (χ0v) is 19.9. The van der Waals surface area contributed by atoms with Crippen LogP contribution < -0.4 is 20.1 Å². The molecule has 2 fully saturated rings. The fourth-order valence-electron chi connectivity index (χ4n) is 5.46. The molecule has 0 aliphatic carbocycles. The standard InChI is InChI=1S/C26H35N5O2/c1-27-10-13-33-25-7-4-19(16-28-25)22-15-24(21-6-5-20(32-3)14-23(21)29-22)31-12-9-26(18-31)8-11-30(2)17-26/h4-7,14-16,22,27,29H,8-13,17-18H2,1-3H3. The molecule has 2 saturated heterocycles. The normalized spacial score (nSPS) is 24.5. The van der Waals surface area contributed by atoms with Crippen molar-refractivity contribution in [3.8, 4) is 11.6 Å². The number of hydrogen-bond acceptors (Lipinski definition) is 7. The van der Waals surface area contributed by atoms with Crippen LogP contribution in [0.1, 0.15) is 30.0 Å². The predicted molar refractivity (Wildman–Crippen MR) is 132 cm³/mol. The van der Waals surface area contributed by atoms with E-state index in [9.17, 15) is 0 Å². The Kier molecular flexibility index (Phi) is 6.17. The van der Waals surface area contributed by atoms with Crippen molar-refractivity contribution in [3.63, 3.8) is 0 Å². The number of methoxy groups -OCH3 is 1. The van der Waals surface area contributed by atoms with Gasteiger partial charge >= 0.3 is 0 Å². The summed E-state index contributed by atoms with van der Waals surface area (Å²) in [6.45, 7) is 6.04. The molecule has 5 rings (SSSR count). The first-order valence-corrected chi connectivity index (χ1v) is 11.9. The van der Waals surface area contributed by atoms with Gasteiger partial charge < -0.3 is 29.9 Å². The monoisotopic (exact) mass is 449 g/mol. The van der Waals surface area contributed by atoms with E-state index in [2.05, 4.69) is 62.8 Å². The number of nitrogens with zero attached hydrogens (tertiary/aromatic N) is 3. The minimum atomic E-state index is 0.0428. The molecule has 1 aromatic heterocycles. The van der Waals surface area contributed by atoms with Gasteiger partial charge in [-0.3, -0.25) is 0 Å². The summed E-state index contributed by atoms with van der Waals surface area (Å²) < 4.78 is 11.2. The van der Waals surface area contributed by atoms with Gasteiger partial charge in [-0.2, -0.15) is 0 Å². The minimum absolute atomic E-state index is 0.0428. The van der Waals surface area contributed by atoms with Crippen molar-refractivity contribution in [2.45, 2.75) is 18.9 Å². The second-order valence-electron chi connectivity index (χ2n) is 9.63. The summed E-state index contributed by atoms with van der Waals surface area (Å²) >= 11 is 0. The lowest BCUT2D eigenvalue weighted by atomic mass is 9.86. The van der Waals surface area contributed by atoms with E-state index in [1.54, 1.807) is 7.11 Å². The van der Waals surface area contributed by atoms with Crippen molar-refractivity contribution in [1.29, 1.82) is 0 Å². The molecule has 0 amide bonds. The van der Waals surface area contributed by atoms with Gasteiger partial charge in [0.05, 0.1) is 13.2 Å². The van der Waals surface area contributed by atoms with E-state index in [0.29, 0.717) is 17.9 Å². The summed E-state index contributed by atoms with van der Waals surface area (Å²) in [5, 5.41) is 6.78. The van der Waals surface area contributed by atoms with Crippen LogP contribution in [0.4, 0.5) is 5.69 Å². The first-order valence-electron chi connectivity index (χ1n) is 11.9. The molecule has 0 bridgehead atoms. The fraction of sp³-hybridized carbons (Fsp3) is 0.500. The molecule has 0 radical (unpaired) electrons. The summed E-state index contributed by atoms with van der Waals surface area (Å²) in [7, 11) is 5.88. The Hall–Kier alpha value is -2.77. The maximum Gasteiger partial charge on any atom is 0.213 e. The van der Waals surface area contributed by atoms with Crippen LogP contribution in [0.15, 0.2) is 42.6 Å². The van der Waals surface area contributed by atoms with E-state index >= 15 is 0 Å². The summed E-state index contributed by atoms with van der Waals surface area (Å²) in [6.07, 6.45) is 6.84. The molecule has 2 aromatic rings. The highest BCUT2D eigenvalue weighted by molar-refractivity contribution is 5.80. The molecule has 3 aliphatic rings. The Morgan fingerprint density at radius 3 is 2.79 bits per heavy atom. The van der Waals surface area contributed by atoms with Crippen LogP contribution in [0.3, 0.4) is 0 Å². The highest BCUT2D eigenvalue weighted by Gasteiger charge is 2.43. The number of hydrogen-bond donors (Lipinski definition) is 2. The zero-order valence-electron chi connectivity index (χ0n) is 19.9. The topological polar surface area (TPSA) is 61.9 Å². The third kappa shape index (κ3) is 4.52. The van der Waals surface area contributed by atoms with E-state index in [1.165, 1.54) is 37.2 Å². The number of fused-ring (bicyclic) bond motifs is 1. The lowest BCUT2D eigenvalue weighted by molar-refractivity contribution is 0.289. The van der Waals surface area contributed by atoms with Crippen molar-refractivity contribution in [2.75, 3.05) is 65.9 Å². The number of pyridine rings is 1. The van der Waals surface area contributed by atoms with Crippen LogP contribution in [0.2, 0.25) is 0 Å². The molecule has 2 atom stereocenters. The number of benzene rings is 1. The Morgan fingerprint density at radius 1 is 1.18 bits per heavy atom. The molecule has 176 valence electrons. The van der Waals surface area contributed by atoms with Gasteiger partial charge in [0.1, 0.15) is 12.4 Å². The van der Waals surface area contributed by atoms with E-state index in [-0.39, 0.29) is 6.04 Å². The van der Waals surface area contributed by atoms with Crippen LogP contribution in [0.5, 0.6) is 11.6 Å². The Morgan fingerprint density at radius 2 is 2.06 bits per heavy atom. The van der Waals surface area contributed by atoms with Gasteiger partial charge in [0.25, 0.3) is 0 Å². The molecule has 0 saturated carbocycles. The molecule has 3 aliphatic heterocycles. The minimum Gasteiger partial charge on any atom is -0.497 e. The maximum absolute atomic E-state index is 5.70. The molecule has 1 aromatic carbocycles. The van der Waals surface area contributed by atoms with Gasteiger partial charge in [-0.15, -0.1) is 0 Å². The second kappa shape index (κ2) is 9.23. The average molecular weight is 450 g/mol. The van der Waals surface area contributed by atoms with E-state index in [0.717, 1.165) is 36.6 Å². The number of ether oxygens (including phenoxy) is 2. The molecule has 2 N–H and O–H groups in total. The largest absolute Gasteiger partial charge is 0.497 e. The van der Waals surface area contributed by atoms with Gasteiger partial charge in [0, 0.05) is 66.9 Å². The van der Waals surface area contributed by atoms with Crippen LogP contribution in [-0.2, 0) is 0 Å². The fourth-order valence-corrected chi connectivity index (χ4v) is 5.46. The number of rotatable bonds is 7. The first kappa shape index (κ1) is 22.0. The number of aromatic nitrogens is 1. The quantitative estimate of drug-likeness (QED) is 0.630. The zero-order chi connectivity index (χ0) is 22.8. The molecule has 33 heavy (non-hydrogen) atoms. The Bertz CT molecular complexity index is 1010. The van der Waals surface area contributed by atoms with Crippen LogP contribution in [0, 0.1) is 5.41 Å². The smallest absolute Gasteiger partial charge is 0.213 e. The predicted octanol–water partition coefficient (Wildman–Crippen LogP) is 3.22. The summed E-state index contributed by atoms with van der Waals surface area (Å²) in [5.74, 6) is 1.52. The van der Waals surface area contributed by atoms with Crippen molar-refractivity contribution in [1.82, 2.24) is 20.1 Å². The lowest BCUT2D eigenvalue weighted by Crippen LogP contribution is -2.30. The highest BCUT2D eigenvalue weighted by Crippen LogP contribution is 2.45. The molecule has 2 unspecified atom stereocenters. The molecular formula is C26H35N5O2. The molecule has 7 nitrogen and oxygen atoms in total. The Balaban J connectivity index is 1.42. The third-order valence-corrected chi connectivity index (χ3v) is 7.27. The summed E-state index contributed by atoms with van der Waals surface area (Å²) in [6, 6.07) is 10.5. The molecule has 1 spiro atoms. The maximum atomic E-state index is 5.70. The van der Waals surface area contributed by atoms with Gasteiger partial charge in [-0.25, -0.2) is 4.98 Å². The highest BCUT2D eigenvalue weighted by atomic mass is 16.5. The Labute approximate surface area is 196 Å². The van der Waals surface area contributed by atoms with E-state index in [4.69, 9.17) is 9.47 Å². The van der Waals surface area contributed by atoms with Crippen LogP contribution in [-0.4, -0.2) is 75.3 Å². The van der Waals surface area contributed by atoms with Crippen molar-refractivity contribution in [3.05, 3.63) is 53.7 Å². The number of nitrogens with one attached hydrogen (secondary N) is 2. The summed E-state index contributed by atoms with van der Waals surface area (Å²) in [4.78, 5) is 9.62. The molecule has 7 heteroatoms. The molecule has 4 heterocycles. The third-order valence-electron chi connectivity index (χ3n) is 7.27. The van der Waals surface area contributed by atoms with Gasteiger partial charge in [-0.1, -0.05) is 0 Å². The first-order chi connectivity index (χ1) is 16.1. The number of anilines is 1. The second-order valence-corrected chi connectivity index (χ2v) is 9.63. The van der Waals surface area contributed by atoms with Gasteiger partial charge in [0.2, 0.25) is 5.88 Å². The summed E-state index contributed by atoms with van der Waals surface area (Å²) in [5.41, 5.74) is 5.22. The van der Waals surface area contributed by atoms with Crippen molar-refractivity contribution in [2.24, 2.45) is 5.41 Å². The van der Waals surface area contributed by atoms with Gasteiger partial charge in [-0.05, 0) is 63.3 Å².